The Labute approximate surface area is 188 Å². The van der Waals surface area contributed by atoms with Crippen molar-refractivity contribution in [1.82, 2.24) is 10.6 Å². The second-order valence-electron chi connectivity index (χ2n) is 5.48. The summed E-state index contributed by atoms with van der Waals surface area (Å²) in [5.41, 5.74) is 0.942. The molecule has 0 radical (unpaired) electrons. The fourth-order valence-corrected chi connectivity index (χ4v) is 2.94. The SMILES string of the molecule is CCOc1ccc(NC(=S)NC(NC(=O)c2ccccc2Cl)C(Cl)(Cl)Cl)cc1. The highest BCUT2D eigenvalue weighted by molar-refractivity contribution is 7.80. The molecule has 0 aliphatic rings. The van der Waals surface area contributed by atoms with Crippen molar-refractivity contribution < 1.29 is 9.53 Å². The van der Waals surface area contributed by atoms with Gasteiger partial charge in [0.05, 0.1) is 17.2 Å². The molecule has 0 heterocycles. The van der Waals surface area contributed by atoms with Gasteiger partial charge in [0.25, 0.3) is 5.91 Å². The van der Waals surface area contributed by atoms with Gasteiger partial charge in [-0.1, -0.05) is 58.5 Å². The van der Waals surface area contributed by atoms with Crippen LogP contribution in [-0.2, 0) is 0 Å². The van der Waals surface area contributed by atoms with Crippen LogP contribution in [0.25, 0.3) is 0 Å². The Hall–Kier alpha value is -1.44. The summed E-state index contributed by atoms with van der Waals surface area (Å²) in [7, 11) is 0. The third-order valence-corrected chi connectivity index (χ3v) is 4.62. The lowest BCUT2D eigenvalue weighted by Crippen LogP contribution is -2.56. The maximum Gasteiger partial charge on any atom is 0.254 e. The molecule has 0 spiro atoms. The highest BCUT2D eigenvalue weighted by Gasteiger charge is 2.35. The molecule has 1 atom stereocenters. The summed E-state index contributed by atoms with van der Waals surface area (Å²) >= 11 is 29.3. The molecule has 0 bridgehead atoms. The number of nitrogens with one attached hydrogen (secondary N) is 3. The smallest absolute Gasteiger partial charge is 0.254 e. The summed E-state index contributed by atoms with van der Waals surface area (Å²) in [5, 5.41) is 8.74. The quantitative estimate of drug-likeness (QED) is 0.303. The van der Waals surface area contributed by atoms with E-state index in [2.05, 4.69) is 16.0 Å². The number of hydrogen-bond acceptors (Lipinski definition) is 3. The molecule has 0 saturated heterocycles. The number of hydrogen-bond donors (Lipinski definition) is 3. The molecule has 0 aromatic heterocycles. The molecule has 0 saturated carbocycles. The minimum atomic E-state index is -1.87. The summed E-state index contributed by atoms with van der Waals surface area (Å²) in [5.74, 6) is 0.219. The molecular weight excluding hydrogens is 464 g/mol. The van der Waals surface area contributed by atoms with Crippen LogP contribution in [0.4, 0.5) is 5.69 Å². The van der Waals surface area contributed by atoms with Gasteiger partial charge in [-0.3, -0.25) is 4.79 Å². The van der Waals surface area contributed by atoms with Crippen LogP contribution in [0, 0.1) is 0 Å². The van der Waals surface area contributed by atoms with E-state index in [1.54, 1.807) is 48.5 Å². The molecule has 0 aliphatic heterocycles. The van der Waals surface area contributed by atoms with E-state index in [0.29, 0.717) is 12.3 Å². The first-order valence-corrected chi connectivity index (χ1v) is 10.0. The number of rotatable bonds is 6. The number of carbonyl (C=O) groups is 1. The van der Waals surface area contributed by atoms with E-state index in [1.807, 2.05) is 6.92 Å². The molecule has 3 N–H and O–H groups in total. The second kappa shape index (κ2) is 10.4. The Balaban J connectivity index is 2.04. The Kier molecular flexibility index (Phi) is 8.46. The summed E-state index contributed by atoms with van der Waals surface area (Å²) < 4.78 is 3.51. The topological polar surface area (TPSA) is 62.4 Å². The Morgan fingerprint density at radius 3 is 2.32 bits per heavy atom. The fraction of sp³-hybridized carbons (Fsp3) is 0.222. The monoisotopic (exact) mass is 479 g/mol. The predicted molar refractivity (Wildman–Crippen MR) is 120 cm³/mol. The normalized spacial score (nSPS) is 12.0. The molecule has 28 heavy (non-hydrogen) atoms. The first kappa shape index (κ1) is 22.8. The third kappa shape index (κ3) is 6.87. The average molecular weight is 481 g/mol. The lowest BCUT2D eigenvalue weighted by molar-refractivity contribution is 0.0934. The third-order valence-electron chi connectivity index (χ3n) is 3.42. The Bertz CT molecular complexity index is 828. The standard InChI is InChI=1S/C18H17Cl4N3O2S/c1-2-27-12-9-7-11(8-10-12)23-17(28)25-16(18(20,21)22)24-15(26)13-5-3-4-6-14(13)19/h3-10,16H,2H2,1H3,(H,24,26)(H2,23,25,28). The van der Waals surface area contributed by atoms with E-state index in [4.69, 9.17) is 63.4 Å². The van der Waals surface area contributed by atoms with Gasteiger partial charge < -0.3 is 20.7 Å². The minimum absolute atomic E-state index is 0.153. The van der Waals surface area contributed by atoms with Gasteiger partial charge in [0.1, 0.15) is 11.9 Å². The highest BCUT2D eigenvalue weighted by Crippen LogP contribution is 2.29. The van der Waals surface area contributed by atoms with Gasteiger partial charge in [-0.05, 0) is 55.5 Å². The molecule has 2 rings (SSSR count). The highest BCUT2D eigenvalue weighted by atomic mass is 35.6. The molecule has 0 fully saturated rings. The van der Waals surface area contributed by atoms with Gasteiger partial charge >= 0.3 is 0 Å². The number of ether oxygens (including phenoxy) is 1. The predicted octanol–water partition coefficient (Wildman–Crippen LogP) is 5.15. The van der Waals surface area contributed by atoms with Crippen molar-refractivity contribution in [2.75, 3.05) is 11.9 Å². The van der Waals surface area contributed by atoms with Crippen molar-refractivity contribution in [3.63, 3.8) is 0 Å². The first-order valence-electron chi connectivity index (χ1n) is 8.13. The molecule has 1 unspecified atom stereocenters. The first-order chi connectivity index (χ1) is 13.2. The van der Waals surface area contributed by atoms with Crippen molar-refractivity contribution in [1.29, 1.82) is 0 Å². The summed E-state index contributed by atoms with van der Waals surface area (Å²) in [6, 6.07) is 13.7. The molecule has 2 aromatic carbocycles. The maximum atomic E-state index is 12.5. The fourth-order valence-electron chi connectivity index (χ4n) is 2.15. The number of alkyl halides is 3. The number of thiocarbonyl (C=S) groups is 1. The Morgan fingerprint density at radius 2 is 1.75 bits per heavy atom. The summed E-state index contributed by atoms with van der Waals surface area (Å²) in [4.78, 5) is 12.5. The lowest BCUT2D eigenvalue weighted by atomic mass is 10.2. The van der Waals surface area contributed by atoms with Crippen molar-refractivity contribution in [2.45, 2.75) is 16.9 Å². The average Bonchev–Trinajstić information content (AvgIpc) is 2.62. The molecule has 150 valence electrons. The van der Waals surface area contributed by atoms with Gasteiger partial charge in [-0.2, -0.15) is 0 Å². The molecule has 1 amide bonds. The van der Waals surface area contributed by atoms with Crippen molar-refractivity contribution in [2.24, 2.45) is 0 Å². The van der Waals surface area contributed by atoms with Gasteiger partial charge in [-0.25, -0.2) is 0 Å². The largest absolute Gasteiger partial charge is 0.494 e. The number of amides is 1. The van der Waals surface area contributed by atoms with E-state index < -0.39 is 15.9 Å². The van der Waals surface area contributed by atoms with E-state index >= 15 is 0 Å². The minimum Gasteiger partial charge on any atom is -0.494 e. The van der Waals surface area contributed by atoms with Crippen molar-refractivity contribution >= 4 is 75.3 Å². The van der Waals surface area contributed by atoms with Gasteiger partial charge in [0, 0.05) is 5.69 Å². The van der Waals surface area contributed by atoms with Crippen LogP contribution in [0.15, 0.2) is 48.5 Å². The zero-order valence-corrected chi connectivity index (χ0v) is 18.5. The number of benzene rings is 2. The van der Waals surface area contributed by atoms with E-state index in [0.717, 1.165) is 5.75 Å². The van der Waals surface area contributed by atoms with Crippen LogP contribution < -0.4 is 20.7 Å². The zero-order chi connectivity index (χ0) is 20.7. The van der Waals surface area contributed by atoms with Gasteiger partial charge in [0.15, 0.2) is 5.11 Å². The van der Waals surface area contributed by atoms with Crippen molar-refractivity contribution in [3.05, 3.63) is 59.1 Å². The molecule has 2 aromatic rings. The van der Waals surface area contributed by atoms with E-state index in [9.17, 15) is 4.79 Å². The number of carbonyl (C=O) groups excluding carboxylic acids is 1. The van der Waals surface area contributed by atoms with Crippen LogP contribution >= 0.6 is 58.6 Å². The van der Waals surface area contributed by atoms with Crippen LogP contribution in [-0.4, -0.2) is 27.6 Å². The van der Waals surface area contributed by atoms with Crippen LogP contribution in [0.2, 0.25) is 5.02 Å². The molecular formula is C18H17Cl4N3O2S. The van der Waals surface area contributed by atoms with Crippen LogP contribution in [0.5, 0.6) is 5.75 Å². The van der Waals surface area contributed by atoms with Crippen molar-refractivity contribution in [3.8, 4) is 5.75 Å². The van der Waals surface area contributed by atoms with E-state index in [1.165, 1.54) is 0 Å². The van der Waals surface area contributed by atoms with Gasteiger partial charge in [0.2, 0.25) is 3.79 Å². The zero-order valence-electron chi connectivity index (χ0n) is 14.6. The number of halogens is 4. The maximum absolute atomic E-state index is 12.5. The Morgan fingerprint density at radius 1 is 1.11 bits per heavy atom. The summed E-state index contributed by atoms with van der Waals surface area (Å²) in [6.07, 6.45) is -1.11. The second-order valence-corrected chi connectivity index (χ2v) is 8.67. The number of anilines is 1. The summed E-state index contributed by atoms with van der Waals surface area (Å²) in [6.45, 7) is 2.47. The molecule has 0 aliphatic carbocycles. The van der Waals surface area contributed by atoms with Gasteiger partial charge in [-0.15, -0.1) is 0 Å². The lowest BCUT2D eigenvalue weighted by Gasteiger charge is -2.28. The molecule has 5 nitrogen and oxygen atoms in total. The molecule has 10 heteroatoms. The van der Waals surface area contributed by atoms with Crippen LogP contribution in [0.3, 0.4) is 0 Å². The van der Waals surface area contributed by atoms with E-state index in [-0.39, 0.29) is 15.7 Å². The van der Waals surface area contributed by atoms with Crippen LogP contribution in [0.1, 0.15) is 17.3 Å².